The van der Waals surface area contributed by atoms with Crippen LogP contribution in [0.4, 0.5) is 0 Å². The van der Waals surface area contributed by atoms with Crippen molar-refractivity contribution in [3.63, 3.8) is 0 Å². The fourth-order valence-corrected chi connectivity index (χ4v) is 4.84. The van der Waals surface area contributed by atoms with E-state index in [1.165, 1.54) is 6.08 Å². The highest BCUT2D eigenvalue weighted by Crippen LogP contribution is 2.24. The van der Waals surface area contributed by atoms with Crippen LogP contribution in [0.5, 0.6) is 0 Å². The highest BCUT2D eigenvalue weighted by molar-refractivity contribution is 7.89. The molecule has 1 aromatic rings. The van der Waals surface area contributed by atoms with E-state index >= 15 is 0 Å². The lowest BCUT2D eigenvalue weighted by atomic mass is 10.00. The van der Waals surface area contributed by atoms with Crippen molar-refractivity contribution in [3.05, 3.63) is 41.0 Å². The first-order valence-electron chi connectivity index (χ1n) is 7.61. The molecule has 126 valence electrons. The van der Waals surface area contributed by atoms with Crippen molar-refractivity contribution in [2.45, 2.75) is 51.7 Å². The number of hydrogen-bond acceptors (Lipinski definition) is 4. The molecule has 2 rings (SSSR count). The summed E-state index contributed by atoms with van der Waals surface area (Å²) in [5.41, 5.74) is 2.43. The Bertz CT molecular complexity index is 727. The van der Waals surface area contributed by atoms with Gasteiger partial charge in [0.05, 0.1) is 10.9 Å². The Balaban J connectivity index is 2.36. The Labute approximate surface area is 137 Å². The lowest BCUT2D eigenvalue weighted by molar-refractivity contribution is -0.139. The van der Waals surface area contributed by atoms with E-state index in [2.05, 4.69) is 4.72 Å². The van der Waals surface area contributed by atoms with Crippen LogP contribution in [0.2, 0.25) is 0 Å². The van der Waals surface area contributed by atoms with E-state index in [9.17, 15) is 13.2 Å². The van der Waals surface area contributed by atoms with Gasteiger partial charge in [-0.15, -0.1) is 0 Å². The quantitative estimate of drug-likeness (QED) is 0.838. The summed E-state index contributed by atoms with van der Waals surface area (Å²) in [6.07, 6.45) is 2.35. The number of nitrogens with one attached hydrogen (secondary N) is 1. The molecule has 1 aliphatic rings. The lowest BCUT2D eigenvalue weighted by Gasteiger charge is -2.27. The van der Waals surface area contributed by atoms with Crippen LogP contribution in [0, 0.1) is 26.7 Å². The zero-order chi connectivity index (χ0) is 17.4. The molecule has 0 spiro atoms. The van der Waals surface area contributed by atoms with Crippen LogP contribution < -0.4 is 4.72 Å². The van der Waals surface area contributed by atoms with Gasteiger partial charge < -0.3 is 4.74 Å². The molecule has 0 aromatic heterocycles. The van der Waals surface area contributed by atoms with Crippen LogP contribution in [0.15, 0.2) is 29.2 Å². The monoisotopic (exact) mass is 337 g/mol. The van der Waals surface area contributed by atoms with Crippen LogP contribution in [0.25, 0.3) is 0 Å². The highest BCUT2D eigenvalue weighted by atomic mass is 32.2. The number of hydrogen-bond donors (Lipinski definition) is 1. The summed E-state index contributed by atoms with van der Waals surface area (Å²) >= 11 is 0. The summed E-state index contributed by atoms with van der Waals surface area (Å²) in [7, 11) is -3.71. The van der Waals surface area contributed by atoms with Gasteiger partial charge in [-0.3, -0.25) is 0 Å². The number of sulfonamides is 1. The summed E-state index contributed by atoms with van der Waals surface area (Å²) in [5, 5.41) is 0. The number of carbonyl (C=O) groups is 1. The first kappa shape index (κ1) is 17.7. The molecule has 0 saturated carbocycles. The summed E-state index contributed by atoms with van der Waals surface area (Å²) in [4.78, 5) is 11.6. The highest BCUT2D eigenvalue weighted by Gasteiger charge is 2.33. The predicted molar refractivity (Wildman–Crippen MR) is 88.6 cm³/mol. The standard InChI is InChI=1S/C17H23NO4S/c1-10(2)16(14-6-7-15(19)22-14)18-23(20,21)17-12(4)8-11(3)9-13(17)5/h6-10,14,16,18H,1-5H3/t14-,16+/m1/s1. The number of aryl methyl sites for hydroxylation is 3. The average Bonchev–Trinajstić information content (AvgIpc) is 2.80. The van der Waals surface area contributed by atoms with E-state index in [0.29, 0.717) is 16.0 Å². The van der Waals surface area contributed by atoms with Gasteiger partial charge in [0.1, 0.15) is 6.10 Å². The van der Waals surface area contributed by atoms with Crippen molar-refractivity contribution in [1.29, 1.82) is 0 Å². The average molecular weight is 337 g/mol. The number of cyclic esters (lactones) is 1. The molecule has 5 nitrogen and oxygen atoms in total. The van der Waals surface area contributed by atoms with E-state index < -0.39 is 28.1 Å². The van der Waals surface area contributed by atoms with Crippen molar-refractivity contribution < 1.29 is 17.9 Å². The molecular formula is C17H23NO4S. The van der Waals surface area contributed by atoms with Crippen molar-refractivity contribution in [2.24, 2.45) is 5.92 Å². The van der Waals surface area contributed by atoms with E-state index in [1.54, 1.807) is 19.9 Å². The van der Waals surface area contributed by atoms with Gasteiger partial charge in [0.2, 0.25) is 10.0 Å². The third-order valence-corrected chi connectivity index (χ3v) is 5.67. The third-order valence-electron chi connectivity index (χ3n) is 3.91. The zero-order valence-electron chi connectivity index (χ0n) is 14.1. The summed E-state index contributed by atoms with van der Waals surface area (Å²) in [6, 6.07) is 3.19. The Morgan fingerprint density at radius 1 is 1.13 bits per heavy atom. The predicted octanol–water partition coefficient (Wildman–Crippen LogP) is 2.40. The summed E-state index contributed by atoms with van der Waals surface area (Å²) in [5.74, 6) is -0.473. The second-order valence-electron chi connectivity index (χ2n) is 6.38. The number of ether oxygens (including phenoxy) is 1. The number of rotatable bonds is 5. The van der Waals surface area contributed by atoms with Gasteiger partial charge in [0.15, 0.2) is 0 Å². The molecule has 0 saturated heterocycles. The minimum Gasteiger partial charge on any atom is -0.453 e. The Kier molecular flexibility index (Phi) is 4.96. The van der Waals surface area contributed by atoms with Gasteiger partial charge in [-0.2, -0.15) is 0 Å². The molecule has 0 amide bonds. The maximum atomic E-state index is 12.9. The number of benzene rings is 1. The minimum atomic E-state index is -3.71. The van der Waals surface area contributed by atoms with Crippen LogP contribution in [0.3, 0.4) is 0 Å². The smallest absolute Gasteiger partial charge is 0.331 e. The van der Waals surface area contributed by atoms with E-state index in [0.717, 1.165) is 5.56 Å². The van der Waals surface area contributed by atoms with Crippen molar-refractivity contribution in [2.75, 3.05) is 0 Å². The van der Waals surface area contributed by atoms with Gasteiger partial charge in [-0.05, 0) is 43.9 Å². The largest absolute Gasteiger partial charge is 0.453 e. The van der Waals surface area contributed by atoms with Gasteiger partial charge in [0, 0.05) is 6.08 Å². The number of carbonyl (C=O) groups excluding carboxylic acids is 1. The maximum absolute atomic E-state index is 12.9. The first-order valence-corrected chi connectivity index (χ1v) is 9.09. The van der Waals surface area contributed by atoms with E-state index in [1.807, 2.05) is 32.9 Å². The topological polar surface area (TPSA) is 72.5 Å². The van der Waals surface area contributed by atoms with Crippen LogP contribution in [-0.4, -0.2) is 26.5 Å². The second kappa shape index (κ2) is 6.45. The van der Waals surface area contributed by atoms with Gasteiger partial charge in [-0.25, -0.2) is 17.9 Å². The first-order chi connectivity index (χ1) is 10.6. The molecule has 0 unspecified atom stereocenters. The van der Waals surface area contributed by atoms with Crippen LogP contribution in [0.1, 0.15) is 30.5 Å². The molecule has 1 aromatic carbocycles. The van der Waals surface area contributed by atoms with E-state index in [-0.39, 0.29) is 5.92 Å². The Hall–Kier alpha value is -1.66. The molecule has 23 heavy (non-hydrogen) atoms. The van der Waals surface area contributed by atoms with E-state index in [4.69, 9.17) is 4.74 Å². The summed E-state index contributed by atoms with van der Waals surface area (Å²) < 4.78 is 33.6. The number of esters is 1. The van der Waals surface area contributed by atoms with Crippen LogP contribution >= 0.6 is 0 Å². The summed E-state index contributed by atoms with van der Waals surface area (Å²) in [6.45, 7) is 9.29. The molecular weight excluding hydrogens is 314 g/mol. The molecule has 1 N–H and O–H groups in total. The van der Waals surface area contributed by atoms with Crippen molar-refractivity contribution in [1.82, 2.24) is 4.72 Å². The normalized spacial score (nSPS) is 19.2. The fraction of sp³-hybridized carbons (Fsp3) is 0.471. The molecule has 2 atom stereocenters. The SMILES string of the molecule is Cc1cc(C)c(S(=O)(=O)N[C@@H](C(C)C)[C@H]2C=CC(=O)O2)c(C)c1. The lowest BCUT2D eigenvalue weighted by Crippen LogP contribution is -2.46. The molecule has 0 bridgehead atoms. The fourth-order valence-electron chi connectivity index (χ4n) is 2.99. The van der Waals surface area contributed by atoms with Gasteiger partial charge in [-0.1, -0.05) is 31.5 Å². The molecule has 1 heterocycles. The Morgan fingerprint density at radius 2 is 1.70 bits per heavy atom. The third kappa shape index (κ3) is 3.82. The zero-order valence-corrected chi connectivity index (χ0v) is 14.9. The van der Waals surface area contributed by atoms with Gasteiger partial charge in [0.25, 0.3) is 0 Å². The maximum Gasteiger partial charge on any atom is 0.331 e. The Morgan fingerprint density at radius 3 is 2.13 bits per heavy atom. The minimum absolute atomic E-state index is 0.0311. The van der Waals surface area contributed by atoms with Crippen molar-refractivity contribution >= 4 is 16.0 Å². The molecule has 0 radical (unpaired) electrons. The van der Waals surface area contributed by atoms with Gasteiger partial charge >= 0.3 is 5.97 Å². The van der Waals surface area contributed by atoms with Crippen LogP contribution in [-0.2, 0) is 19.6 Å². The molecule has 6 heteroatoms. The molecule has 0 aliphatic carbocycles. The van der Waals surface area contributed by atoms with Crippen molar-refractivity contribution in [3.8, 4) is 0 Å². The second-order valence-corrected chi connectivity index (χ2v) is 8.03. The molecule has 0 fully saturated rings. The molecule has 1 aliphatic heterocycles.